The smallest absolute Gasteiger partial charge is 0.697 e. The molecule has 0 spiro atoms. The topological polar surface area (TPSA) is 364 Å². The normalized spacial score (nSPS) is 10.6. The summed E-state index contributed by atoms with van der Waals surface area (Å²) in [7, 11) is 6.46. The summed E-state index contributed by atoms with van der Waals surface area (Å²) in [4.78, 5) is 127. The quantitative estimate of drug-likeness (QED) is 0.00650. The number of carbonyl (C=O) groups excluding carboxylic acids is 9. The van der Waals surface area contributed by atoms with Crippen LogP contribution in [-0.2, 0) is 49.2 Å². The van der Waals surface area contributed by atoms with Crippen LogP contribution < -0.4 is 10.6 Å². The Labute approximate surface area is 902 Å². The first-order chi connectivity index (χ1) is 66.7. The van der Waals surface area contributed by atoms with E-state index >= 15 is 0 Å². The minimum absolute atomic E-state index is 0. The average molecular weight is 2350 g/mol. The fraction of sp³-hybridized carbons (Fsp3) is 0.192. The van der Waals surface area contributed by atoms with Gasteiger partial charge in [0.1, 0.15) is 18.5 Å². The molecular formula is C104H90Br4Cl5F6MgN3O21. The number of anilines is 2. The molecule has 11 aromatic rings. The van der Waals surface area contributed by atoms with Crippen LogP contribution >= 0.6 is 122 Å². The first-order valence-electron chi connectivity index (χ1n) is 40.2. The molecule has 0 aliphatic heterocycles. The number of carbonyl (C=O) groups is 11. The molecule has 24 nitrogen and oxygen atoms in total. The van der Waals surface area contributed by atoms with Gasteiger partial charge in [-0.15, -0.1) is 29.6 Å². The van der Waals surface area contributed by atoms with Crippen molar-refractivity contribution in [3.05, 3.63) is 351 Å². The molecule has 0 aliphatic carbocycles. The number of halogens is 15. The Balaban J connectivity index is 0.000000861. The molecule has 144 heavy (non-hydrogen) atoms. The maximum absolute atomic E-state index is 12.7. The van der Waals surface area contributed by atoms with Gasteiger partial charge < -0.3 is 84.7 Å². The number of methoxy groups -OCH3 is 5. The number of fused-ring (bicyclic) bond motifs is 1. The SMILES string of the molecule is C#CC(O)c1ccc(C)c(C(=O)OC)c1.C=Cc1ccc(C)c(C(=O)O)c1.COC(=O)c1cc(C(C#Cc2cc(Br)c(Cl)cc2NC(=O)C(F)(F)F)OC(C)=O)ccc1C.COC(=O)c1cc(C(O)C#Cc2cc(Br)c(Cl)cc2NC(=O)C(F)(F)F)ccc1C.COC(=O)c1cc(C=O)ccc1C.COC(=O)c1cc(Cc2cc3cc(Br)c(Cl)cc3[nH]2)ccc1C.Cc1ccc(Br)cc1C(=O)O.ClCCl.[C-]#C.[CH3-].[Mg+2]. The van der Waals surface area contributed by atoms with Crippen LogP contribution in [0.4, 0.5) is 37.7 Å². The first-order valence-corrected chi connectivity index (χ1v) is 45.6. The van der Waals surface area contributed by atoms with Gasteiger partial charge in [0.15, 0.2) is 6.10 Å². The van der Waals surface area contributed by atoms with Crippen molar-refractivity contribution in [1.29, 1.82) is 0 Å². The fourth-order valence-electron chi connectivity index (χ4n) is 11.6. The Morgan fingerprint density at radius 2 is 0.819 bits per heavy atom. The predicted octanol–water partition coefficient (Wildman–Crippen LogP) is 24.9. The molecular weight excluding hydrogens is 2260 g/mol. The Bertz CT molecular complexity index is 6670. The van der Waals surface area contributed by atoms with Gasteiger partial charge in [-0.25, -0.2) is 33.6 Å². The number of H-pyrrole nitrogens is 1. The molecule has 0 saturated heterocycles. The Morgan fingerprint density at radius 1 is 0.479 bits per heavy atom. The van der Waals surface area contributed by atoms with Crippen molar-refractivity contribution >= 4 is 239 Å². The molecule has 0 bridgehead atoms. The number of nitrogens with one attached hydrogen (secondary N) is 3. The molecule has 0 fully saturated rings. The molecule has 10 aromatic carbocycles. The number of ether oxygens (including phenoxy) is 6. The van der Waals surface area contributed by atoms with Crippen LogP contribution in [0.15, 0.2) is 194 Å². The number of hydrogen-bond donors (Lipinski definition) is 7. The fourth-order valence-corrected chi connectivity index (χ4v) is 13.5. The number of aldehydes is 1. The zero-order valence-corrected chi connectivity index (χ0v) is 90.5. The summed E-state index contributed by atoms with van der Waals surface area (Å²) >= 11 is 40.4. The summed E-state index contributed by atoms with van der Waals surface area (Å²) in [6.45, 7) is 17.1. The second kappa shape index (κ2) is 63.1. The number of aliphatic hydroxyl groups excluding tert-OH is 2. The van der Waals surface area contributed by atoms with Crippen molar-refractivity contribution in [1.82, 2.24) is 4.98 Å². The van der Waals surface area contributed by atoms with Crippen LogP contribution in [0.3, 0.4) is 0 Å². The minimum atomic E-state index is -5.13. The van der Waals surface area contributed by atoms with Crippen LogP contribution in [-0.4, -0.2) is 168 Å². The standard InChI is InChI=1S/C22H16BrClF3NO5.C20H14BrClF3NO4.C18H15BrClNO2.C12H12O3.C10H10O3.C10H10O2.C8H7BrO2.C2H.CH2Cl2.CH3.Mg/c1-11-4-5-14(8-15(11)20(30)32-3)19(33-12(2)29)7-6-13-9-16(23)17(24)10-18(13)28-21(31)22(25,26)27;1-10-3-4-12(7-13(10)18(28)30-2)17(27)6-5-11-8-14(21)15(22)9-16(11)26-19(29)20(23,24)25;1-10-3-4-11(6-14(10)18(22)23-2)5-13-7-12-8-15(19)16(20)9-17(12)21-13;1-4-11(13)9-6-5-8(2)10(7-9)12(14)15-3;1-7-3-4-8(6-11)5-9(7)10(12)13-2;1-3-8-5-4-7(2)9(6-8)10(11)12;1-5-2-3-6(9)4-7(5)8(10)11;1-2;2-1-3;;/h4-5,8-10,19H,1-3H3,(H,28,31);3-4,7-9,17,27H,1-2H3,(H,26,29);3-4,6-9,21H,5H2,1-2H3;1,5-7,11,13H,2-3H3;3-6H,1-2H3;3-6H,1H2,2H3,(H,11,12);2-4H,1H3,(H,10,11);1H;1H2;1H3;/q;;;;;;;-1;;-1;+2. The number of esters is 6. The molecule has 0 radical (unpaired) electrons. The zero-order valence-electron chi connectivity index (χ0n) is 78.9. The maximum Gasteiger partial charge on any atom is 2.00 e. The number of aryl methyl sites for hydroxylation is 7. The monoisotopic (exact) mass is 2350 g/mol. The number of rotatable bonds is 17. The zero-order chi connectivity index (χ0) is 108. The van der Waals surface area contributed by atoms with Crippen LogP contribution in [0.5, 0.6) is 0 Å². The van der Waals surface area contributed by atoms with Crippen LogP contribution in [0.1, 0.15) is 192 Å². The van der Waals surface area contributed by atoms with E-state index in [1.54, 1.807) is 137 Å². The van der Waals surface area contributed by atoms with E-state index < -0.39 is 84.3 Å². The first kappa shape index (κ1) is 130. The summed E-state index contributed by atoms with van der Waals surface area (Å²) in [6.07, 6.45) is 3.36. The summed E-state index contributed by atoms with van der Waals surface area (Å²) in [5.74, 6) is 3.23. The molecule has 0 aliphatic rings. The van der Waals surface area contributed by atoms with Crippen molar-refractivity contribution in [3.8, 4) is 42.4 Å². The van der Waals surface area contributed by atoms with E-state index in [1.807, 2.05) is 49.4 Å². The number of carboxylic acids is 2. The number of benzene rings is 10. The largest absolute Gasteiger partial charge is 2.00 e. The third-order valence-electron chi connectivity index (χ3n) is 19.0. The number of alkyl halides is 8. The van der Waals surface area contributed by atoms with Gasteiger partial charge >= 0.3 is 95.0 Å². The van der Waals surface area contributed by atoms with E-state index in [9.17, 15) is 89.3 Å². The van der Waals surface area contributed by atoms with Crippen molar-refractivity contribution in [2.75, 3.05) is 51.5 Å². The third kappa shape index (κ3) is 41.1. The molecule has 11 rings (SSSR count). The van der Waals surface area contributed by atoms with Gasteiger partial charge in [-0.05, 0) is 254 Å². The van der Waals surface area contributed by atoms with Gasteiger partial charge in [-0.3, -0.25) is 19.2 Å². The van der Waals surface area contributed by atoms with Gasteiger partial charge in [0.2, 0.25) is 0 Å². The number of aliphatic hydroxyl groups is 2. The Kier molecular flexibility index (Phi) is 56.8. The van der Waals surface area contributed by atoms with Gasteiger partial charge in [0.05, 0.1) is 106 Å². The molecule has 754 valence electrons. The van der Waals surface area contributed by atoms with Crippen molar-refractivity contribution in [3.63, 3.8) is 0 Å². The predicted molar refractivity (Wildman–Crippen MR) is 557 cm³/mol. The average Bonchev–Trinajstić information content (AvgIpc) is 1.67. The maximum atomic E-state index is 12.7. The number of aromatic carboxylic acids is 2. The van der Waals surface area contributed by atoms with E-state index in [0.29, 0.717) is 82.3 Å². The van der Waals surface area contributed by atoms with E-state index in [1.165, 1.54) is 65.9 Å². The van der Waals surface area contributed by atoms with Crippen molar-refractivity contribution in [2.24, 2.45) is 0 Å². The molecule has 3 unspecified atom stereocenters. The number of aromatic amines is 1. The molecule has 1 heterocycles. The second-order valence-electron chi connectivity index (χ2n) is 28.8. The van der Waals surface area contributed by atoms with E-state index in [0.717, 1.165) is 83.5 Å². The summed E-state index contributed by atoms with van der Waals surface area (Å²) < 4.78 is 107. The van der Waals surface area contributed by atoms with E-state index in [2.05, 4.69) is 132 Å². The van der Waals surface area contributed by atoms with Crippen molar-refractivity contribution < 1.29 is 128 Å². The van der Waals surface area contributed by atoms with Gasteiger partial charge in [-0.2, -0.15) is 26.3 Å². The van der Waals surface area contributed by atoms with Crippen LogP contribution in [0.25, 0.3) is 17.0 Å². The third-order valence-corrected chi connectivity index (χ3v) is 23.1. The number of carboxylic acid groups (broad SMARTS) is 2. The van der Waals surface area contributed by atoms with Crippen LogP contribution in [0, 0.1) is 105 Å². The molecule has 1 aromatic heterocycles. The van der Waals surface area contributed by atoms with Gasteiger partial charge in [0, 0.05) is 70.1 Å². The van der Waals surface area contributed by atoms with Crippen molar-refractivity contribution in [2.45, 2.75) is 92.5 Å². The Hall–Kier alpha value is -12.3. The molecule has 40 heteroatoms. The second-order valence-corrected chi connectivity index (χ2v) is 34.3. The number of amides is 2. The van der Waals surface area contributed by atoms with Crippen LogP contribution in [0.2, 0.25) is 15.1 Å². The van der Waals surface area contributed by atoms with E-state index in [-0.39, 0.29) is 91.0 Å². The number of terminal acetylenes is 2. The number of hydrogen-bond acceptors (Lipinski definition) is 19. The minimum Gasteiger partial charge on any atom is -0.697 e. The molecule has 0 saturated carbocycles. The Morgan fingerprint density at radius 3 is 1.21 bits per heavy atom. The molecule has 2 amide bonds. The summed E-state index contributed by atoms with van der Waals surface area (Å²) in [6, 6.07) is 46.1. The van der Waals surface area contributed by atoms with E-state index in [4.69, 9.17) is 95.3 Å². The van der Waals surface area contributed by atoms with Gasteiger partial charge in [-0.1, -0.05) is 166 Å². The molecule has 7 N–H and O–H groups in total. The summed E-state index contributed by atoms with van der Waals surface area (Å²) in [5.41, 5.74) is 12.8. The number of aromatic nitrogens is 1. The molecule has 3 atom stereocenters. The summed E-state index contributed by atoms with van der Waals surface area (Å²) in [5, 5.41) is 42.7. The van der Waals surface area contributed by atoms with Gasteiger partial charge in [0.25, 0.3) is 0 Å².